The highest BCUT2D eigenvalue weighted by Gasteiger charge is 2.24. The van der Waals surface area contributed by atoms with Crippen LogP contribution in [0.1, 0.15) is 37.7 Å². The molecule has 0 saturated carbocycles. The Morgan fingerprint density at radius 1 is 1.10 bits per heavy atom. The standard InChI is InChI=1S/C31H39N7O4/c1-8-37(9-2)31-32-18-23(26-19(4)35-36(6)20(26)5)28(34-31)33-24(30(40)41)17-21-11-13-22(14-12-21)27-25(42-7)15-16-38(10-3)29(27)39/h11-16,18,24H,8-10,17H2,1-7H3,(H,40,41)(H,32,33,34)/t24-/m0/s1. The van der Waals surface area contributed by atoms with E-state index in [0.29, 0.717) is 53.8 Å². The third-order valence-corrected chi connectivity index (χ3v) is 7.58. The molecule has 0 aliphatic heterocycles. The van der Waals surface area contributed by atoms with Crippen LogP contribution >= 0.6 is 0 Å². The first-order chi connectivity index (χ1) is 20.1. The molecule has 0 fully saturated rings. The van der Waals surface area contributed by atoms with E-state index in [-0.39, 0.29) is 12.0 Å². The molecule has 4 aromatic rings. The Morgan fingerprint density at radius 3 is 2.33 bits per heavy atom. The zero-order chi connectivity index (χ0) is 30.6. The third-order valence-electron chi connectivity index (χ3n) is 7.58. The SMILES string of the molecule is CCN(CC)c1ncc(-c2c(C)nn(C)c2C)c(N[C@@H](Cc2ccc(-c3c(OC)ccn(CC)c3=O)cc2)C(=O)O)n1. The molecule has 1 atom stereocenters. The molecule has 4 rings (SSSR count). The molecule has 0 unspecified atom stereocenters. The first kappa shape index (κ1) is 30.3. The van der Waals surface area contributed by atoms with Crippen molar-refractivity contribution in [1.29, 1.82) is 0 Å². The maximum absolute atomic E-state index is 13.0. The maximum atomic E-state index is 13.0. The van der Waals surface area contributed by atoms with Gasteiger partial charge in [-0.25, -0.2) is 9.78 Å². The second kappa shape index (κ2) is 12.9. The molecule has 0 amide bonds. The van der Waals surface area contributed by atoms with Gasteiger partial charge in [-0.1, -0.05) is 24.3 Å². The Balaban J connectivity index is 1.70. The van der Waals surface area contributed by atoms with Gasteiger partial charge in [0, 0.05) is 62.3 Å². The van der Waals surface area contributed by atoms with Crippen molar-refractivity contribution in [3.05, 3.63) is 70.0 Å². The number of benzene rings is 1. The van der Waals surface area contributed by atoms with Crippen molar-refractivity contribution in [2.45, 2.75) is 53.6 Å². The van der Waals surface area contributed by atoms with Crippen molar-refractivity contribution in [2.75, 3.05) is 30.4 Å². The van der Waals surface area contributed by atoms with Crippen LogP contribution in [0.3, 0.4) is 0 Å². The smallest absolute Gasteiger partial charge is 0.326 e. The summed E-state index contributed by atoms with van der Waals surface area (Å²) in [6.45, 7) is 11.8. The number of ether oxygens (including phenoxy) is 1. The second-order valence-electron chi connectivity index (χ2n) is 10.1. The molecule has 0 bridgehead atoms. The molecule has 2 N–H and O–H groups in total. The number of rotatable bonds is 12. The molecule has 0 spiro atoms. The lowest BCUT2D eigenvalue weighted by Crippen LogP contribution is -2.33. The minimum Gasteiger partial charge on any atom is -0.496 e. The monoisotopic (exact) mass is 573 g/mol. The average Bonchev–Trinajstić information content (AvgIpc) is 3.23. The number of nitrogens with one attached hydrogen (secondary N) is 1. The first-order valence-electron chi connectivity index (χ1n) is 14.1. The van der Waals surface area contributed by atoms with E-state index in [1.165, 1.54) is 7.11 Å². The highest BCUT2D eigenvalue weighted by molar-refractivity contribution is 5.83. The number of aliphatic carboxylic acids is 1. The van der Waals surface area contributed by atoms with Gasteiger partial charge in [-0.2, -0.15) is 10.1 Å². The lowest BCUT2D eigenvalue weighted by Gasteiger charge is -2.22. The van der Waals surface area contributed by atoms with Crippen LogP contribution in [0.2, 0.25) is 0 Å². The van der Waals surface area contributed by atoms with Gasteiger partial charge in [-0.3, -0.25) is 9.48 Å². The Labute approximate surface area is 245 Å². The predicted molar refractivity (Wildman–Crippen MR) is 164 cm³/mol. The number of carbonyl (C=O) groups is 1. The zero-order valence-corrected chi connectivity index (χ0v) is 25.3. The predicted octanol–water partition coefficient (Wildman–Crippen LogP) is 4.31. The first-order valence-corrected chi connectivity index (χ1v) is 14.1. The molecule has 3 heterocycles. The summed E-state index contributed by atoms with van der Waals surface area (Å²) in [4.78, 5) is 37.0. The molecule has 0 radical (unpaired) electrons. The number of anilines is 2. The van der Waals surface area contributed by atoms with Crippen LogP contribution < -0.4 is 20.5 Å². The minimum absolute atomic E-state index is 0.143. The number of aromatic nitrogens is 5. The van der Waals surface area contributed by atoms with Crippen molar-refractivity contribution < 1.29 is 14.6 Å². The molecule has 3 aromatic heterocycles. The Bertz CT molecular complexity index is 1620. The summed E-state index contributed by atoms with van der Waals surface area (Å²) in [5.74, 6) is 0.435. The Kier molecular flexibility index (Phi) is 9.29. The van der Waals surface area contributed by atoms with E-state index in [4.69, 9.17) is 9.72 Å². The van der Waals surface area contributed by atoms with Gasteiger partial charge in [0.25, 0.3) is 5.56 Å². The fourth-order valence-corrected chi connectivity index (χ4v) is 5.14. The summed E-state index contributed by atoms with van der Waals surface area (Å²) in [7, 11) is 3.41. The van der Waals surface area contributed by atoms with Gasteiger partial charge >= 0.3 is 5.97 Å². The topological polar surface area (TPSA) is 127 Å². The van der Waals surface area contributed by atoms with E-state index in [2.05, 4.69) is 15.4 Å². The van der Waals surface area contributed by atoms with Crippen LogP contribution in [0.4, 0.5) is 11.8 Å². The maximum Gasteiger partial charge on any atom is 0.326 e. The molecule has 0 aliphatic rings. The van der Waals surface area contributed by atoms with Crippen molar-refractivity contribution in [2.24, 2.45) is 7.05 Å². The summed E-state index contributed by atoms with van der Waals surface area (Å²) >= 11 is 0. The van der Waals surface area contributed by atoms with Crippen LogP contribution in [0.5, 0.6) is 5.75 Å². The van der Waals surface area contributed by atoms with Gasteiger partial charge in [0.15, 0.2) is 0 Å². The highest BCUT2D eigenvalue weighted by atomic mass is 16.5. The number of methoxy groups -OCH3 is 1. The molecule has 1 aromatic carbocycles. The number of carboxylic acid groups (broad SMARTS) is 1. The van der Waals surface area contributed by atoms with Crippen LogP contribution in [0.25, 0.3) is 22.3 Å². The van der Waals surface area contributed by atoms with Crippen LogP contribution in [-0.4, -0.2) is 61.6 Å². The van der Waals surface area contributed by atoms with E-state index >= 15 is 0 Å². The number of nitrogens with zero attached hydrogens (tertiary/aromatic N) is 6. The van der Waals surface area contributed by atoms with Crippen LogP contribution in [-0.2, 0) is 24.8 Å². The van der Waals surface area contributed by atoms with Gasteiger partial charge < -0.3 is 24.6 Å². The fourth-order valence-electron chi connectivity index (χ4n) is 5.14. The molecule has 0 saturated heterocycles. The van der Waals surface area contributed by atoms with Gasteiger partial charge in [0.05, 0.1) is 18.4 Å². The Morgan fingerprint density at radius 2 is 1.79 bits per heavy atom. The summed E-state index contributed by atoms with van der Waals surface area (Å²) in [6.07, 6.45) is 3.64. The van der Waals surface area contributed by atoms with Gasteiger partial charge in [-0.05, 0) is 51.8 Å². The normalized spacial score (nSPS) is 11.8. The number of hydrogen-bond acceptors (Lipinski definition) is 8. The molecule has 222 valence electrons. The number of carboxylic acids is 1. The highest BCUT2D eigenvalue weighted by Crippen LogP contribution is 2.33. The average molecular weight is 574 g/mol. The van der Waals surface area contributed by atoms with Crippen molar-refractivity contribution in [3.8, 4) is 28.0 Å². The Hall–Kier alpha value is -4.67. The lowest BCUT2D eigenvalue weighted by atomic mass is 10.00. The van der Waals surface area contributed by atoms with E-state index in [0.717, 1.165) is 22.5 Å². The van der Waals surface area contributed by atoms with Crippen molar-refractivity contribution in [3.63, 3.8) is 0 Å². The van der Waals surface area contributed by atoms with Crippen LogP contribution in [0.15, 0.2) is 47.5 Å². The summed E-state index contributed by atoms with van der Waals surface area (Å²) in [5, 5.41) is 18.0. The zero-order valence-electron chi connectivity index (χ0n) is 25.3. The van der Waals surface area contributed by atoms with E-state index in [9.17, 15) is 14.7 Å². The summed E-state index contributed by atoms with van der Waals surface area (Å²) in [5.41, 5.74) is 5.11. The van der Waals surface area contributed by atoms with Crippen molar-refractivity contribution in [1.82, 2.24) is 24.3 Å². The van der Waals surface area contributed by atoms with Gasteiger partial charge in [0.2, 0.25) is 5.95 Å². The summed E-state index contributed by atoms with van der Waals surface area (Å²) in [6, 6.07) is 8.12. The van der Waals surface area contributed by atoms with E-state index < -0.39 is 12.0 Å². The molecule has 42 heavy (non-hydrogen) atoms. The van der Waals surface area contributed by atoms with E-state index in [1.54, 1.807) is 27.7 Å². The summed E-state index contributed by atoms with van der Waals surface area (Å²) < 4.78 is 8.87. The number of hydrogen-bond donors (Lipinski definition) is 2. The lowest BCUT2D eigenvalue weighted by molar-refractivity contribution is -0.137. The third kappa shape index (κ3) is 6.00. The van der Waals surface area contributed by atoms with E-state index in [1.807, 2.05) is 70.8 Å². The minimum atomic E-state index is -1.01. The largest absolute Gasteiger partial charge is 0.496 e. The molecule has 11 heteroatoms. The number of pyridine rings is 1. The fraction of sp³-hybridized carbons (Fsp3) is 0.387. The molecular formula is C31H39N7O4. The van der Waals surface area contributed by atoms with Gasteiger partial charge in [-0.15, -0.1) is 0 Å². The quantitative estimate of drug-likeness (QED) is 0.255. The van der Waals surface area contributed by atoms with Crippen molar-refractivity contribution >= 4 is 17.7 Å². The number of aryl methyl sites for hydroxylation is 3. The molecule has 11 nitrogen and oxygen atoms in total. The van der Waals surface area contributed by atoms with Crippen LogP contribution in [0, 0.1) is 13.8 Å². The van der Waals surface area contributed by atoms with Gasteiger partial charge in [0.1, 0.15) is 17.6 Å². The molecule has 0 aliphatic carbocycles. The second-order valence-corrected chi connectivity index (χ2v) is 10.1. The molecular weight excluding hydrogens is 534 g/mol.